The van der Waals surface area contributed by atoms with Crippen LogP contribution in [0.4, 0.5) is 20.1 Å². The van der Waals surface area contributed by atoms with Crippen molar-refractivity contribution in [3.63, 3.8) is 0 Å². The Morgan fingerprint density at radius 1 is 0.939 bits per heavy atom. The van der Waals surface area contributed by atoms with E-state index in [2.05, 4.69) is 4.84 Å². The standard InChI is InChI=1S/C20H23N3O10/c1-4-30-19(26)32-16-12-8-6-11(10-14(24)23(29-3)18(25)22-28)7-9-13(12)17(15(16)21)33-20(27)31-5-2/h6-9,28H,4-5,10,21H2,1-3H3,(H,22,25). The monoisotopic (exact) mass is 465 g/mol. The first-order chi connectivity index (χ1) is 15.8. The molecule has 0 unspecified atom stereocenters. The van der Waals surface area contributed by atoms with Crippen molar-refractivity contribution in [1.82, 2.24) is 10.5 Å². The molecule has 0 spiro atoms. The number of nitrogens with two attached hydrogens (primary N) is 1. The number of nitrogens with zero attached hydrogens (tertiary/aromatic N) is 1. The topological polar surface area (TPSA) is 176 Å². The molecular formula is C20H23N3O10. The first-order valence-corrected chi connectivity index (χ1v) is 9.61. The highest BCUT2D eigenvalue weighted by Gasteiger charge is 2.28. The molecule has 0 saturated heterocycles. The van der Waals surface area contributed by atoms with Crippen molar-refractivity contribution in [3.05, 3.63) is 29.8 Å². The molecule has 178 valence electrons. The lowest BCUT2D eigenvalue weighted by Crippen LogP contribution is -2.42. The van der Waals surface area contributed by atoms with Gasteiger partial charge in [0.15, 0.2) is 11.5 Å². The summed E-state index contributed by atoms with van der Waals surface area (Å²) >= 11 is 0. The molecule has 0 aromatic carbocycles. The number of hydrogen-bond acceptors (Lipinski definition) is 11. The molecule has 0 heterocycles. The van der Waals surface area contributed by atoms with E-state index in [1.165, 1.54) is 29.7 Å². The van der Waals surface area contributed by atoms with Gasteiger partial charge in [0.05, 0.1) is 26.7 Å². The zero-order valence-electron chi connectivity index (χ0n) is 18.1. The third-order valence-corrected chi connectivity index (χ3v) is 4.14. The van der Waals surface area contributed by atoms with Crippen molar-refractivity contribution in [2.45, 2.75) is 20.3 Å². The van der Waals surface area contributed by atoms with Gasteiger partial charge < -0.3 is 24.7 Å². The molecule has 33 heavy (non-hydrogen) atoms. The number of ether oxygens (including phenoxy) is 4. The molecule has 4 N–H and O–H groups in total. The number of fused-ring (bicyclic) bond motifs is 1. The normalized spacial score (nSPS) is 10.3. The Morgan fingerprint density at radius 3 is 1.82 bits per heavy atom. The van der Waals surface area contributed by atoms with E-state index in [0.29, 0.717) is 10.6 Å². The smallest absolute Gasteiger partial charge is 0.434 e. The van der Waals surface area contributed by atoms with Crippen LogP contribution in [0.1, 0.15) is 19.4 Å². The molecule has 13 heteroatoms. The average Bonchev–Trinajstić information content (AvgIpc) is 2.90. The molecule has 2 rings (SSSR count). The fourth-order valence-corrected chi connectivity index (χ4v) is 2.79. The second-order valence-corrected chi connectivity index (χ2v) is 6.18. The number of urea groups is 1. The molecule has 0 atom stereocenters. The number of imide groups is 1. The van der Waals surface area contributed by atoms with Gasteiger partial charge in [0.25, 0.3) is 5.91 Å². The molecule has 0 bridgehead atoms. The molecule has 0 aromatic heterocycles. The summed E-state index contributed by atoms with van der Waals surface area (Å²) in [5, 5.41) is 9.04. The second kappa shape index (κ2) is 11.5. The molecule has 2 aliphatic carbocycles. The summed E-state index contributed by atoms with van der Waals surface area (Å²) in [6.07, 6.45) is -2.35. The number of amides is 3. The zero-order chi connectivity index (χ0) is 24.5. The molecular weight excluding hydrogens is 442 g/mol. The van der Waals surface area contributed by atoms with E-state index in [-0.39, 0.29) is 47.9 Å². The molecule has 0 saturated carbocycles. The summed E-state index contributed by atoms with van der Waals surface area (Å²) in [4.78, 5) is 52.3. The summed E-state index contributed by atoms with van der Waals surface area (Å²) in [5.41, 5.74) is 8.16. The minimum Gasteiger partial charge on any atom is -0.434 e. The lowest BCUT2D eigenvalue weighted by atomic mass is 10.2. The number of carbonyl (C=O) groups is 4. The van der Waals surface area contributed by atoms with Crippen LogP contribution in [0, 0.1) is 0 Å². The second-order valence-electron chi connectivity index (χ2n) is 6.18. The first-order valence-electron chi connectivity index (χ1n) is 9.61. The molecule has 13 nitrogen and oxygen atoms in total. The molecule has 0 aliphatic heterocycles. The Balaban J connectivity index is 2.48. The number of nitrogen functional groups attached to an aromatic ring is 1. The lowest BCUT2D eigenvalue weighted by molar-refractivity contribution is -0.161. The van der Waals surface area contributed by atoms with Crippen LogP contribution in [0.3, 0.4) is 0 Å². The minimum atomic E-state index is -1.18. The van der Waals surface area contributed by atoms with Crippen molar-refractivity contribution in [3.8, 4) is 22.6 Å². The van der Waals surface area contributed by atoms with E-state index in [1.807, 2.05) is 0 Å². The van der Waals surface area contributed by atoms with E-state index in [9.17, 15) is 19.2 Å². The van der Waals surface area contributed by atoms with Gasteiger partial charge in [0.2, 0.25) is 0 Å². The van der Waals surface area contributed by atoms with Gasteiger partial charge in [-0.05, 0) is 19.4 Å². The van der Waals surface area contributed by atoms with Crippen LogP contribution in [0.2, 0.25) is 0 Å². The number of hydroxylamine groups is 3. The van der Waals surface area contributed by atoms with Gasteiger partial charge >= 0.3 is 18.3 Å². The Kier molecular flexibility index (Phi) is 8.77. The summed E-state index contributed by atoms with van der Waals surface area (Å²) in [5.74, 6) is -1.02. The van der Waals surface area contributed by atoms with E-state index in [1.54, 1.807) is 13.8 Å². The maximum atomic E-state index is 12.3. The zero-order valence-corrected chi connectivity index (χ0v) is 18.1. The highest BCUT2D eigenvalue weighted by atomic mass is 16.7. The van der Waals surface area contributed by atoms with Crippen LogP contribution in [0.15, 0.2) is 24.3 Å². The van der Waals surface area contributed by atoms with Gasteiger partial charge in [-0.2, -0.15) is 0 Å². The Hall–Kier alpha value is -4.10. The highest BCUT2D eigenvalue weighted by molar-refractivity contribution is 5.96. The third kappa shape index (κ3) is 5.99. The number of hydrogen-bond donors (Lipinski definition) is 3. The van der Waals surface area contributed by atoms with Crippen LogP contribution >= 0.6 is 0 Å². The van der Waals surface area contributed by atoms with Gasteiger partial charge in [-0.1, -0.05) is 24.3 Å². The van der Waals surface area contributed by atoms with Gasteiger partial charge in [0, 0.05) is 11.1 Å². The Labute approximate surface area is 188 Å². The summed E-state index contributed by atoms with van der Waals surface area (Å²) in [6, 6.07) is 4.77. The molecule has 2 aliphatic rings. The summed E-state index contributed by atoms with van der Waals surface area (Å²) in [7, 11) is 1.08. The number of nitrogens with one attached hydrogen (secondary N) is 1. The van der Waals surface area contributed by atoms with Crippen LogP contribution < -0.4 is 20.7 Å². The predicted molar refractivity (Wildman–Crippen MR) is 111 cm³/mol. The molecule has 3 amide bonds. The van der Waals surface area contributed by atoms with Gasteiger partial charge in [-0.25, -0.2) is 19.9 Å². The van der Waals surface area contributed by atoms with Crippen LogP contribution in [-0.2, 0) is 25.5 Å². The SMILES string of the molecule is CCOC(=O)Oc1c2ccc(CC(=O)N(OC)C(=O)NO)ccc-2c(OC(=O)OCC)c1N. The van der Waals surface area contributed by atoms with Crippen LogP contribution in [0.5, 0.6) is 11.5 Å². The minimum absolute atomic E-state index is 0.0566. The maximum Gasteiger partial charge on any atom is 0.513 e. The van der Waals surface area contributed by atoms with Gasteiger partial charge in [-0.15, -0.1) is 5.06 Å². The van der Waals surface area contributed by atoms with Crippen LogP contribution in [0.25, 0.3) is 11.1 Å². The lowest BCUT2D eigenvalue weighted by Gasteiger charge is -2.15. The molecule has 0 radical (unpaired) electrons. The van der Waals surface area contributed by atoms with Crippen molar-refractivity contribution < 1.29 is 48.2 Å². The fourth-order valence-electron chi connectivity index (χ4n) is 2.79. The quantitative estimate of drug-likeness (QED) is 0.311. The highest BCUT2D eigenvalue weighted by Crippen LogP contribution is 2.50. The van der Waals surface area contributed by atoms with Crippen LogP contribution in [-0.4, -0.2) is 54.8 Å². The number of rotatable bonds is 7. The molecule has 0 fully saturated rings. The van der Waals surface area contributed by atoms with E-state index in [0.717, 1.165) is 7.11 Å². The Morgan fingerprint density at radius 2 is 1.42 bits per heavy atom. The summed E-state index contributed by atoms with van der Waals surface area (Å²) < 4.78 is 19.9. The van der Waals surface area contributed by atoms with E-state index < -0.39 is 24.2 Å². The number of carbonyl (C=O) groups excluding carboxylic acids is 4. The van der Waals surface area contributed by atoms with Crippen molar-refractivity contribution in [2.24, 2.45) is 0 Å². The predicted octanol–water partition coefficient (Wildman–Crippen LogP) is 2.48. The first kappa shape index (κ1) is 25.2. The Bertz CT molecular complexity index is 952. The van der Waals surface area contributed by atoms with E-state index in [4.69, 9.17) is 29.9 Å². The third-order valence-electron chi connectivity index (χ3n) is 4.14. The molecule has 0 aromatic rings. The van der Waals surface area contributed by atoms with Gasteiger partial charge in [-0.3, -0.25) is 14.8 Å². The van der Waals surface area contributed by atoms with Crippen molar-refractivity contribution in [1.29, 1.82) is 0 Å². The number of anilines is 1. The van der Waals surface area contributed by atoms with Crippen molar-refractivity contribution >= 4 is 29.9 Å². The van der Waals surface area contributed by atoms with Crippen molar-refractivity contribution in [2.75, 3.05) is 26.1 Å². The fraction of sp³-hybridized carbons (Fsp3) is 0.300. The maximum absolute atomic E-state index is 12.3. The van der Waals surface area contributed by atoms with Gasteiger partial charge in [0.1, 0.15) is 5.69 Å². The van der Waals surface area contributed by atoms with E-state index >= 15 is 0 Å². The summed E-state index contributed by atoms with van der Waals surface area (Å²) in [6.45, 7) is 3.29. The average molecular weight is 465 g/mol. The largest absolute Gasteiger partial charge is 0.513 e.